The Morgan fingerprint density at radius 2 is 2.00 bits per heavy atom. The maximum Gasteiger partial charge on any atom is 0.235 e. The summed E-state index contributed by atoms with van der Waals surface area (Å²) in [7, 11) is 1.72. The number of nitrogens with zero attached hydrogens (tertiary/aromatic N) is 5. The Kier molecular flexibility index (Phi) is 5.19. The van der Waals surface area contributed by atoms with Crippen molar-refractivity contribution in [3.8, 4) is 0 Å². The minimum absolute atomic E-state index is 0.0702. The molecule has 2 aromatic carbocycles. The van der Waals surface area contributed by atoms with E-state index in [4.69, 9.17) is 4.98 Å². The van der Waals surface area contributed by atoms with E-state index >= 15 is 0 Å². The van der Waals surface area contributed by atoms with Crippen molar-refractivity contribution in [1.29, 1.82) is 0 Å². The van der Waals surface area contributed by atoms with Gasteiger partial charge in [-0.25, -0.2) is 14.4 Å². The van der Waals surface area contributed by atoms with Crippen LogP contribution in [0.2, 0.25) is 0 Å². The normalized spacial score (nSPS) is 12.4. The molecule has 6 nitrogen and oxygen atoms in total. The molecule has 29 heavy (non-hydrogen) atoms. The summed E-state index contributed by atoms with van der Waals surface area (Å²) in [5, 5.41) is 5.59. The maximum absolute atomic E-state index is 13.4. The van der Waals surface area contributed by atoms with Gasteiger partial charge < -0.3 is 4.90 Å². The molecule has 8 heteroatoms. The van der Waals surface area contributed by atoms with Crippen molar-refractivity contribution in [1.82, 2.24) is 24.5 Å². The molecule has 4 aromatic rings. The number of hydrogen-bond acceptors (Lipinski definition) is 5. The molecule has 0 saturated carbocycles. The fourth-order valence-electron chi connectivity index (χ4n) is 3.22. The van der Waals surface area contributed by atoms with Gasteiger partial charge in [-0.15, -0.1) is 5.10 Å². The lowest BCUT2D eigenvalue weighted by molar-refractivity contribution is -0.129. The van der Waals surface area contributed by atoms with E-state index < -0.39 is 5.25 Å². The summed E-state index contributed by atoms with van der Waals surface area (Å²) in [5.74, 6) is 0.265. The van der Waals surface area contributed by atoms with Gasteiger partial charge in [0.2, 0.25) is 5.91 Å². The quantitative estimate of drug-likeness (QED) is 0.370. The van der Waals surface area contributed by atoms with Crippen molar-refractivity contribution < 1.29 is 9.18 Å². The van der Waals surface area contributed by atoms with E-state index in [1.165, 1.54) is 23.9 Å². The number of aromatic nitrogens is 4. The second kappa shape index (κ2) is 7.79. The van der Waals surface area contributed by atoms with E-state index in [1.807, 2.05) is 38.1 Å². The Bertz CT molecular complexity index is 1210. The number of rotatable bonds is 5. The summed E-state index contributed by atoms with van der Waals surface area (Å²) < 4.78 is 15.1. The zero-order valence-electron chi connectivity index (χ0n) is 16.3. The molecule has 0 aliphatic rings. The first-order chi connectivity index (χ1) is 13.9. The van der Waals surface area contributed by atoms with E-state index in [1.54, 1.807) is 28.6 Å². The SMILES string of the molecule is Cc1nc2c3ccccc3nc(S[C@H](C)C(=O)N(C)Cc3cccc(F)c3)n2n1. The zero-order valence-corrected chi connectivity index (χ0v) is 17.2. The molecule has 4 rings (SSSR count). The number of fused-ring (bicyclic) bond motifs is 3. The minimum Gasteiger partial charge on any atom is -0.340 e. The number of benzene rings is 2. The first kappa shape index (κ1) is 19.3. The summed E-state index contributed by atoms with van der Waals surface area (Å²) in [5.41, 5.74) is 2.28. The molecule has 1 atom stereocenters. The van der Waals surface area contributed by atoms with Gasteiger partial charge >= 0.3 is 0 Å². The van der Waals surface area contributed by atoms with E-state index in [-0.39, 0.29) is 11.7 Å². The number of thioether (sulfide) groups is 1. The highest BCUT2D eigenvalue weighted by molar-refractivity contribution is 8.00. The standard InChI is InChI=1S/C21H20FN5OS/c1-13(20(28)26(3)12-15-7-6-8-16(22)11-15)29-21-24-18-10-5-4-9-17(18)19-23-14(2)25-27(19)21/h4-11,13H,12H2,1-3H3/t13-/m1/s1. The van der Waals surface area contributed by atoms with Gasteiger partial charge in [-0.3, -0.25) is 4.79 Å². The van der Waals surface area contributed by atoms with Crippen LogP contribution in [0.3, 0.4) is 0 Å². The summed E-state index contributed by atoms with van der Waals surface area (Å²) >= 11 is 1.34. The molecule has 0 aliphatic heterocycles. The largest absolute Gasteiger partial charge is 0.340 e. The molecule has 0 unspecified atom stereocenters. The molecular formula is C21H20FN5OS. The van der Waals surface area contributed by atoms with E-state index in [9.17, 15) is 9.18 Å². The molecule has 2 aromatic heterocycles. The average Bonchev–Trinajstić information content (AvgIpc) is 3.09. The van der Waals surface area contributed by atoms with Crippen LogP contribution in [-0.4, -0.2) is 42.7 Å². The second-order valence-electron chi connectivity index (χ2n) is 6.89. The van der Waals surface area contributed by atoms with Crippen molar-refractivity contribution in [3.63, 3.8) is 0 Å². The third-order valence-corrected chi connectivity index (χ3v) is 5.60. The molecule has 148 valence electrons. The Labute approximate surface area is 171 Å². The van der Waals surface area contributed by atoms with Crippen LogP contribution in [-0.2, 0) is 11.3 Å². The fourth-order valence-corrected chi connectivity index (χ4v) is 4.19. The van der Waals surface area contributed by atoms with E-state index in [0.717, 1.165) is 22.1 Å². The molecule has 0 N–H and O–H groups in total. The Balaban J connectivity index is 1.59. The summed E-state index contributed by atoms with van der Waals surface area (Å²) in [6, 6.07) is 14.0. The van der Waals surface area contributed by atoms with Gasteiger partial charge in [0.1, 0.15) is 11.6 Å². The molecule has 0 fully saturated rings. The van der Waals surface area contributed by atoms with Gasteiger partial charge in [-0.05, 0) is 43.7 Å². The fraction of sp³-hybridized carbons (Fsp3) is 0.238. The first-order valence-electron chi connectivity index (χ1n) is 9.20. The maximum atomic E-state index is 13.4. The van der Waals surface area contributed by atoms with Crippen molar-refractivity contribution in [2.75, 3.05) is 7.05 Å². The predicted octanol–water partition coefficient (Wildman–Crippen LogP) is 3.86. The van der Waals surface area contributed by atoms with Gasteiger partial charge in [0.15, 0.2) is 10.8 Å². The highest BCUT2D eigenvalue weighted by Gasteiger charge is 2.22. The topological polar surface area (TPSA) is 63.4 Å². The Hall–Kier alpha value is -3.00. The minimum atomic E-state index is -0.394. The number of halogens is 1. The lowest BCUT2D eigenvalue weighted by Gasteiger charge is -2.21. The highest BCUT2D eigenvalue weighted by atomic mass is 32.2. The van der Waals surface area contributed by atoms with E-state index in [0.29, 0.717) is 17.5 Å². The van der Waals surface area contributed by atoms with Crippen LogP contribution in [0.4, 0.5) is 4.39 Å². The van der Waals surface area contributed by atoms with Gasteiger partial charge in [-0.2, -0.15) is 4.52 Å². The van der Waals surface area contributed by atoms with Crippen LogP contribution in [0.25, 0.3) is 16.6 Å². The van der Waals surface area contributed by atoms with Crippen molar-refractivity contribution in [3.05, 3.63) is 65.7 Å². The lowest BCUT2D eigenvalue weighted by Crippen LogP contribution is -2.33. The van der Waals surface area contributed by atoms with Crippen LogP contribution in [0.5, 0.6) is 0 Å². The highest BCUT2D eigenvalue weighted by Crippen LogP contribution is 2.27. The third kappa shape index (κ3) is 3.93. The monoisotopic (exact) mass is 409 g/mol. The van der Waals surface area contributed by atoms with Crippen LogP contribution in [0.15, 0.2) is 53.7 Å². The molecule has 0 bridgehead atoms. The smallest absolute Gasteiger partial charge is 0.235 e. The number of aryl methyl sites for hydroxylation is 1. The number of carbonyl (C=O) groups is 1. The number of para-hydroxylation sites is 1. The molecule has 1 amide bonds. The summed E-state index contributed by atoms with van der Waals surface area (Å²) in [6.45, 7) is 4.00. The predicted molar refractivity (Wildman–Crippen MR) is 111 cm³/mol. The van der Waals surface area contributed by atoms with Crippen LogP contribution < -0.4 is 0 Å². The van der Waals surface area contributed by atoms with Crippen LogP contribution in [0, 0.1) is 12.7 Å². The van der Waals surface area contributed by atoms with E-state index in [2.05, 4.69) is 10.1 Å². The van der Waals surface area contributed by atoms with Crippen molar-refractivity contribution in [2.24, 2.45) is 0 Å². The molecule has 2 heterocycles. The molecule has 0 spiro atoms. The molecule has 0 aliphatic carbocycles. The second-order valence-corrected chi connectivity index (χ2v) is 8.20. The van der Waals surface area contributed by atoms with Crippen molar-refractivity contribution >= 4 is 34.2 Å². The molecule has 0 saturated heterocycles. The third-order valence-electron chi connectivity index (χ3n) is 4.57. The van der Waals surface area contributed by atoms with Gasteiger partial charge in [-0.1, -0.05) is 36.0 Å². The average molecular weight is 409 g/mol. The lowest BCUT2D eigenvalue weighted by atomic mass is 10.2. The first-order valence-corrected chi connectivity index (χ1v) is 10.1. The van der Waals surface area contributed by atoms with Crippen molar-refractivity contribution in [2.45, 2.75) is 30.8 Å². The molecular weight excluding hydrogens is 389 g/mol. The van der Waals surface area contributed by atoms with Gasteiger partial charge in [0.25, 0.3) is 0 Å². The van der Waals surface area contributed by atoms with Crippen LogP contribution >= 0.6 is 11.8 Å². The van der Waals surface area contributed by atoms with Gasteiger partial charge in [0.05, 0.1) is 10.8 Å². The Morgan fingerprint density at radius 1 is 1.21 bits per heavy atom. The van der Waals surface area contributed by atoms with Gasteiger partial charge in [0, 0.05) is 19.0 Å². The van der Waals surface area contributed by atoms with Crippen LogP contribution in [0.1, 0.15) is 18.3 Å². The summed E-state index contributed by atoms with van der Waals surface area (Å²) in [6.07, 6.45) is 0. The number of amides is 1. The number of hydrogen-bond donors (Lipinski definition) is 0. The summed E-state index contributed by atoms with van der Waals surface area (Å²) in [4.78, 5) is 23.7. The number of carbonyl (C=O) groups excluding carboxylic acids is 1. The molecule has 0 radical (unpaired) electrons. The zero-order chi connectivity index (χ0) is 20.5. The Morgan fingerprint density at radius 3 is 2.79 bits per heavy atom.